The van der Waals surface area contributed by atoms with Crippen LogP contribution in [0.15, 0.2) is 48.7 Å². The topological polar surface area (TPSA) is 46.0 Å². The highest BCUT2D eigenvalue weighted by molar-refractivity contribution is 5.86. The summed E-state index contributed by atoms with van der Waals surface area (Å²) in [7, 11) is 0. The van der Waals surface area contributed by atoms with Gasteiger partial charge in [-0.1, -0.05) is 18.2 Å². The van der Waals surface area contributed by atoms with E-state index in [1.54, 1.807) is 0 Å². The Kier molecular flexibility index (Phi) is 4.35. The molecule has 0 fully saturated rings. The van der Waals surface area contributed by atoms with Gasteiger partial charge < -0.3 is 5.11 Å². The number of para-hydroxylation sites is 1. The van der Waals surface area contributed by atoms with Crippen LogP contribution in [0, 0.1) is 0 Å². The molecule has 1 N–H and O–H groups in total. The minimum absolute atomic E-state index is 0.00513. The van der Waals surface area contributed by atoms with Crippen molar-refractivity contribution >= 4 is 10.9 Å². The Hall–Kier alpha value is -2.68. The summed E-state index contributed by atoms with van der Waals surface area (Å²) in [6.07, 6.45) is -10.2. The molecule has 0 bridgehead atoms. The fourth-order valence-electron chi connectivity index (χ4n) is 2.57. The summed E-state index contributed by atoms with van der Waals surface area (Å²) < 4.78 is 79.1. The molecule has 0 saturated heterocycles. The molecule has 0 saturated carbocycles. The highest BCUT2D eigenvalue weighted by Gasteiger charge is 2.38. The van der Waals surface area contributed by atoms with Gasteiger partial charge >= 0.3 is 12.4 Å². The lowest BCUT2D eigenvalue weighted by Gasteiger charge is -2.18. The molecule has 1 atom stereocenters. The third-order valence-electron chi connectivity index (χ3n) is 3.73. The second-order valence-corrected chi connectivity index (χ2v) is 5.45. The molecule has 26 heavy (non-hydrogen) atoms. The summed E-state index contributed by atoms with van der Waals surface area (Å²) in [5, 5.41) is 10.2. The Balaban J connectivity index is 2.34. The fourth-order valence-corrected chi connectivity index (χ4v) is 2.57. The smallest absolute Gasteiger partial charge is 0.382 e. The van der Waals surface area contributed by atoms with E-state index in [1.165, 1.54) is 30.5 Å². The van der Waals surface area contributed by atoms with Gasteiger partial charge in [-0.2, -0.15) is 26.3 Å². The van der Waals surface area contributed by atoms with E-state index in [4.69, 9.17) is 0 Å². The van der Waals surface area contributed by atoms with Gasteiger partial charge in [0.1, 0.15) is 11.8 Å². The largest absolute Gasteiger partial charge is 0.433 e. The van der Waals surface area contributed by atoms with Crippen LogP contribution < -0.4 is 0 Å². The van der Waals surface area contributed by atoms with E-state index in [2.05, 4.69) is 9.97 Å². The third-order valence-corrected chi connectivity index (χ3v) is 3.73. The van der Waals surface area contributed by atoms with Crippen molar-refractivity contribution in [3.05, 3.63) is 71.2 Å². The van der Waals surface area contributed by atoms with Crippen molar-refractivity contribution in [2.75, 3.05) is 0 Å². The molecule has 0 aliphatic rings. The van der Waals surface area contributed by atoms with Crippen LogP contribution in [0.1, 0.15) is 28.6 Å². The normalized spacial score (nSPS) is 13.8. The fraction of sp³-hybridized carbons (Fsp3) is 0.176. The van der Waals surface area contributed by atoms with Crippen molar-refractivity contribution in [2.24, 2.45) is 0 Å². The SMILES string of the molecule is O[C@H](c1ccccn1)c1cc(C(F)(F)F)nc2c(C(F)(F)F)cccc12. The Bertz CT molecular complexity index is 938. The number of aliphatic hydroxyl groups excluding tert-OH is 1. The van der Waals surface area contributed by atoms with Gasteiger partial charge in [-0.25, -0.2) is 4.98 Å². The zero-order valence-electron chi connectivity index (χ0n) is 12.8. The number of nitrogens with zero attached hydrogens (tertiary/aromatic N) is 2. The van der Waals surface area contributed by atoms with Crippen LogP contribution in [0.25, 0.3) is 10.9 Å². The van der Waals surface area contributed by atoms with Crippen LogP contribution in [-0.2, 0) is 12.4 Å². The lowest BCUT2D eigenvalue weighted by Crippen LogP contribution is -2.14. The van der Waals surface area contributed by atoms with Crippen LogP contribution in [-0.4, -0.2) is 15.1 Å². The number of rotatable bonds is 2. The Morgan fingerprint density at radius 3 is 2.19 bits per heavy atom. The van der Waals surface area contributed by atoms with Crippen molar-refractivity contribution in [3.8, 4) is 0 Å². The molecular weight excluding hydrogens is 362 g/mol. The molecule has 0 amide bonds. The first kappa shape index (κ1) is 18.1. The highest BCUT2D eigenvalue weighted by atomic mass is 19.4. The Labute approximate surface area is 142 Å². The Morgan fingerprint density at radius 2 is 1.62 bits per heavy atom. The second-order valence-electron chi connectivity index (χ2n) is 5.45. The van der Waals surface area contributed by atoms with E-state index < -0.39 is 35.2 Å². The first-order valence-electron chi connectivity index (χ1n) is 7.26. The molecular formula is C17H10F6N2O. The number of halogens is 6. The molecule has 2 heterocycles. The molecule has 2 aromatic heterocycles. The van der Waals surface area contributed by atoms with Gasteiger partial charge in [0.2, 0.25) is 0 Å². The predicted molar refractivity (Wildman–Crippen MR) is 80.0 cm³/mol. The summed E-state index contributed by atoms with van der Waals surface area (Å²) in [4.78, 5) is 7.02. The maximum atomic E-state index is 13.2. The van der Waals surface area contributed by atoms with Crippen molar-refractivity contribution in [3.63, 3.8) is 0 Å². The standard InChI is InChI=1S/C17H10F6N2O/c18-16(19,20)11-5-3-4-9-10(15(26)12-6-1-2-7-24-12)8-13(17(21,22)23)25-14(9)11/h1-8,15,26H/t15-/m0/s1. The molecule has 3 rings (SSSR count). The predicted octanol–water partition coefficient (Wildman–Crippen LogP) is 4.75. The molecule has 1 aromatic carbocycles. The van der Waals surface area contributed by atoms with Crippen molar-refractivity contribution in [2.45, 2.75) is 18.5 Å². The number of aliphatic hydroxyl groups is 1. The van der Waals surface area contributed by atoms with Crippen LogP contribution in [0.2, 0.25) is 0 Å². The zero-order chi connectivity index (χ0) is 19.1. The van der Waals surface area contributed by atoms with Gasteiger partial charge in [0.15, 0.2) is 0 Å². The number of hydrogen-bond donors (Lipinski definition) is 1. The maximum Gasteiger partial charge on any atom is 0.433 e. The summed E-state index contributed by atoms with van der Waals surface area (Å²) in [6.45, 7) is 0. The Morgan fingerprint density at radius 1 is 0.885 bits per heavy atom. The molecule has 0 unspecified atom stereocenters. The average molecular weight is 372 g/mol. The van der Waals surface area contributed by atoms with Gasteiger partial charge in [0, 0.05) is 11.6 Å². The van der Waals surface area contributed by atoms with Gasteiger partial charge in [0.05, 0.1) is 16.8 Å². The summed E-state index contributed by atoms with van der Waals surface area (Å²) >= 11 is 0. The minimum atomic E-state index is -4.98. The van der Waals surface area contributed by atoms with Crippen molar-refractivity contribution in [1.29, 1.82) is 0 Å². The van der Waals surface area contributed by atoms with Crippen molar-refractivity contribution < 1.29 is 31.4 Å². The van der Waals surface area contributed by atoms with Gasteiger partial charge in [0.25, 0.3) is 0 Å². The first-order chi connectivity index (χ1) is 12.1. The summed E-state index contributed by atoms with van der Waals surface area (Å²) in [5.74, 6) is 0. The molecule has 9 heteroatoms. The highest BCUT2D eigenvalue weighted by Crippen LogP contribution is 2.39. The minimum Gasteiger partial charge on any atom is -0.382 e. The number of benzene rings is 1. The van der Waals surface area contributed by atoms with E-state index >= 15 is 0 Å². The molecule has 0 aliphatic carbocycles. The number of hydrogen-bond acceptors (Lipinski definition) is 3. The van der Waals surface area contributed by atoms with Crippen molar-refractivity contribution in [1.82, 2.24) is 9.97 Å². The van der Waals surface area contributed by atoms with E-state index in [1.807, 2.05) is 0 Å². The van der Waals surface area contributed by atoms with Gasteiger partial charge in [-0.15, -0.1) is 0 Å². The number of aromatic nitrogens is 2. The molecule has 0 spiro atoms. The van der Waals surface area contributed by atoms with E-state index in [-0.39, 0.29) is 16.6 Å². The molecule has 3 aromatic rings. The third kappa shape index (κ3) is 3.34. The van der Waals surface area contributed by atoms with Gasteiger partial charge in [-0.3, -0.25) is 4.98 Å². The number of pyridine rings is 2. The quantitative estimate of drug-likeness (QED) is 0.661. The number of fused-ring (bicyclic) bond motifs is 1. The monoisotopic (exact) mass is 372 g/mol. The van der Waals surface area contributed by atoms with Crippen LogP contribution in [0.3, 0.4) is 0 Å². The molecule has 0 radical (unpaired) electrons. The first-order valence-corrected chi connectivity index (χ1v) is 7.26. The van der Waals surface area contributed by atoms with Crippen LogP contribution in [0.4, 0.5) is 26.3 Å². The van der Waals surface area contributed by atoms with E-state index in [9.17, 15) is 31.4 Å². The second kappa shape index (κ2) is 6.24. The van der Waals surface area contributed by atoms with Crippen LogP contribution in [0.5, 0.6) is 0 Å². The number of alkyl halides is 6. The molecule has 136 valence electrons. The van der Waals surface area contributed by atoms with E-state index in [0.29, 0.717) is 12.1 Å². The van der Waals surface area contributed by atoms with Crippen LogP contribution >= 0.6 is 0 Å². The molecule has 0 aliphatic heterocycles. The van der Waals surface area contributed by atoms with E-state index in [0.717, 1.165) is 6.07 Å². The summed E-state index contributed by atoms with van der Waals surface area (Å²) in [6, 6.07) is 7.81. The van der Waals surface area contributed by atoms with Gasteiger partial charge in [-0.05, 0) is 29.8 Å². The lowest BCUT2D eigenvalue weighted by atomic mass is 9.97. The summed E-state index contributed by atoms with van der Waals surface area (Å²) in [5.41, 5.74) is -4.06. The molecule has 3 nitrogen and oxygen atoms in total. The lowest BCUT2D eigenvalue weighted by molar-refractivity contribution is -0.142. The average Bonchev–Trinajstić information content (AvgIpc) is 2.58. The zero-order valence-corrected chi connectivity index (χ0v) is 12.8. The maximum absolute atomic E-state index is 13.2.